The molecule has 4 heteroatoms. The van der Waals surface area contributed by atoms with E-state index in [4.69, 9.17) is 0 Å². The first-order valence-corrected chi connectivity index (χ1v) is 7.39. The van der Waals surface area contributed by atoms with E-state index < -0.39 is 8.07 Å². The maximum absolute atomic E-state index is 3.11. The molecule has 0 aliphatic heterocycles. The fourth-order valence-corrected chi connectivity index (χ4v) is 3.03. The Morgan fingerprint density at radius 1 is 1.36 bits per heavy atom. The molecule has 0 atom stereocenters. The van der Waals surface area contributed by atoms with Crippen LogP contribution in [-0.2, 0) is 0 Å². The minimum Gasteiger partial charge on any atom is -1.00 e. The van der Waals surface area contributed by atoms with Crippen LogP contribution in [0, 0.1) is 5.38 Å². The molecule has 0 aliphatic rings. The third-order valence-electron chi connectivity index (χ3n) is 1.21. The van der Waals surface area contributed by atoms with Crippen LogP contribution in [0.25, 0.3) is 0 Å². The van der Waals surface area contributed by atoms with E-state index in [0.29, 0.717) is 0 Å². The van der Waals surface area contributed by atoms with E-state index in [1.54, 1.807) is 15.8 Å². The summed E-state index contributed by atoms with van der Waals surface area (Å²) in [5.74, 6) is 0. The summed E-state index contributed by atoms with van der Waals surface area (Å²) >= 11 is 1.77. The molecule has 1 heterocycles. The fourth-order valence-electron chi connectivity index (χ4n) is 0.644. The molecule has 1 rings (SSSR count). The SMILES string of the molecule is C[Si](C)(C)c1cc[c-]s1.[Br-].[Mg+2]. The molecule has 0 nitrogen and oxygen atoms in total. The monoisotopic (exact) mass is 258 g/mol. The molecule has 0 N–H and O–H groups in total. The van der Waals surface area contributed by atoms with Crippen molar-refractivity contribution in [3.8, 4) is 0 Å². The number of halogens is 1. The summed E-state index contributed by atoms with van der Waals surface area (Å²) in [7, 11) is -0.994. The molecular formula is C7H11BrMgSSi. The number of hydrogen-bond donors (Lipinski definition) is 0. The minimum atomic E-state index is -0.994. The van der Waals surface area contributed by atoms with Crippen LogP contribution < -0.4 is 21.5 Å². The van der Waals surface area contributed by atoms with Crippen LogP contribution in [0.2, 0.25) is 19.6 Å². The molecule has 0 bridgehead atoms. The van der Waals surface area contributed by atoms with Gasteiger partial charge in [-0.05, 0) is 0 Å². The fraction of sp³-hybridized carbons (Fsp3) is 0.429. The third kappa shape index (κ3) is 4.67. The first kappa shape index (κ1) is 14.7. The van der Waals surface area contributed by atoms with E-state index in [-0.39, 0.29) is 40.0 Å². The van der Waals surface area contributed by atoms with E-state index in [0.717, 1.165) is 0 Å². The molecule has 1 aromatic heterocycles. The topological polar surface area (TPSA) is 0 Å². The van der Waals surface area contributed by atoms with Crippen molar-refractivity contribution in [1.82, 2.24) is 0 Å². The number of rotatable bonds is 1. The predicted octanol–water partition coefficient (Wildman–Crippen LogP) is -1.28. The molecule has 0 aromatic carbocycles. The Morgan fingerprint density at radius 3 is 2.09 bits per heavy atom. The van der Waals surface area contributed by atoms with Crippen molar-refractivity contribution in [1.29, 1.82) is 0 Å². The Labute approximate surface area is 100 Å². The summed E-state index contributed by atoms with van der Waals surface area (Å²) < 4.78 is 1.54. The molecule has 0 unspecified atom stereocenters. The predicted molar refractivity (Wildman–Crippen MR) is 51.9 cm³/mol. The summed E-state index contributed by atoms with van der Waals surface area (Å²) in [5, 5.41) is 3.11. The maximum atomic E-state index is 3.11. The van der Waals surface area contributed by atoms with Gasteiger partial charge in [0.05, 0.1) is 0 Å². The standard InChI is InChI=1S/C7H11SSi.BrH.Mg/c1-9(2,3)7-5-4-6-8-7;;/h4-5H,1-3H3;1H;/q-1;;+2/p-1. The molecule has 1 aromatic rings. The Kier molecular flexibility index (Phi) is 7.67. The molecule has 0 saturated heterocycles. The summed E-state index contributed by atoms with van der Waals surface area (Å²) in [4.78, 5) is 0. The second-order valence-corrected chi connectivity index (χ2v) is 9.45. The van der Waals surface area contributed by atoms with Gasteiger partial charge in [-0.3, -0.25) is 0 Å². The van der Waals surface area contributed by atoms with Gasteiger partial charge in [0.2, 0.25) is 0 Å². The first-order chi connectivity index (χ1) is 4.11. The zero-order chi connectivity index (χ0) is 6.91. The van der Waals surface area contributed by atoms with Gasteiger partial charge in [-0.25, -0.2) is 6.07 Å². The van der Waals surface area contributed by atoms with Gasteiger partial charge in [-0.1, -0.05) is 19.6 Å². The average molecular weight is 260 g/mol. The van der Waals surface area contributed by atoms with Gasteiger partial charge in [0.25, 0.3) is 0 Å². The Balaban J connectivity index is 0. The van der Waals surface area contributed by atoms with Gasteiger partial charge in [-0.15, -0.1) is 5.38 Å². The van der Waals surface area contributed by atoms with Gasteiger partial charge in [0.1, 0.15) is 0 Å². The average Bonchev–Trinajstić information content (AvgIpc) is 2.08. The smallest absolute Gasteiger partial charge is 1.00 e. The Hall–Kier alpha value is 1.16. The molecular weight excluding hydrogens is 248 g/mol. The summed E-state index contributed by atoms with van der Waals surface area (Å²) in [5.41, 5.74) is 0. The van der Waals surface area contributed by atoms with Crippen molar-refractivity contribution in [2.24, 2.45) is 0 Å². The summed E-state index contributed by atoms with van der Waals surface area (Å²) in [6.07, 6.45) is 0. The molecule has 0 saturated carbocycles. The molecule has 0 amide bonds. The van der Waals surface area contributed by atoms with Crippen molar-refractivity contribution < 1.29 is 17.0 Å². The van der Waals surface area contributed by atoms with Crippen LogP contribution >= 0.6 is 11.3 Å². The zero-order valence-electron chi connectivity index (χ0n) is 7.15. The van der Waals surface area contributed by atoms with E-state index in [2.05, 4.69) is 31.1 Å². The van der Waals surface area contributed by atoms with Gasteiger partial charge < -0.3 is 28.3 Å². The number of hydrogen-bond acceptors (Lipinski definition) is 1. The Morgan fingerprint density at radius 2 is 1.91 bits per heavy atom. The molecule has 0 fully saturated rings. The van der Waals surface area contributed by atoms with Crippen LogP contribution in [0.5, 0.6) is 0 Å². The van der Waals surface area contributed by atoms with Gasteiger partial charge in [-0.2, -0.15) is 10.6 Å². The van der Waals surface area contributed by atoms with Gasteiger partial charge in [0.15, 0.2) is 0 Å². The first-order valence-electron chi connectivity index (χ1n) is 3.07. The summed E-state index contributed by atoms with van der Waals surface area (Å²) in [6, 6.07) is 4.20. The van der Waals surface area contributed by atoms with Crippen LogP contribution in [-0.4, -0.2) is 31.1 Å². The minimum absolute atomic E-state index is 0. The van der Waals surface area contributed by atoms with Crippen molar-refractivity contribution >= 4 is 47.0 Å². The molecule has 0 spiro atoms. The van der Waals surface area contributed by atoms with E-state index >= 15 is 0 Å². The van der Waals surface area contributed by atoms with E-state index in [1.165, 1.54) is 0 Å². The van der Waals surface area contributed by atoms with E-state index in [1.807, 2.05) is 6.07 Å². The second-order valence-electron chi connectivity index (χ2n) is 3.17. The zero-order valence-corrected chi connectivity index (χ0v) is 12.0. The van der Waals surface area contributed by atoms with Crippen molar-refractivity contribution in [3.05, 3.63) is 17.5 Å². The largest absolute Gasteiger partial charge is 2.00 e. The van der Waals surface area contributed by atoms with Crippen molar-refractivity contribution in [3.63, 3.8) is 0 Å². The van der Waals surface area contributed by atoms with Crippen LogP contribution in [0.15, 0.2) is 12.1 Å². The normalized spacial score (nSPS) is 9.73. The van der Waals surface area contributed by atoms with Crippen molar-refractivity contribution in [2.45, 2.75) is 19.6 Å². The summed E-state index contributed by atoms with van der Waals surface area (Å²) in [6.45, 7) is 7.06. The molecule has 58 valence electrons. The second kappa shape index (κ2) is 5.75. The van der Waals surface area contributed by atoms with Crippen LogP contribution in [0.4, 0.5) is 0 Å². The third-order valence-corrected chi connectivity index (χ3v) is 5.61. The van der Waals surface area contributed by atoms with E-state index in [9.17, 15) is 0 Å². The number of thiophene rings is 1. The van der Waals surface area contributed by atoms with Gasteiger partial charge in [0, 0.05) is 8.07 Å². The molecule has 0 aliphatic carbocycles. The van der Waals surface area contributed by atoms with Crippen LogP contribution in [0.3, 0.4) is 0 Å². The quantitative estimate of drug-likeness (QED) is 0.435. The maximum Gasteiger partial charge on any atom is 2.00 e. The van der Waals surface area contributed by atoms with Crippen LogP contribution in [0.1, 0.15) is 0 Å². The molecule has 0 radical (unpaired) electrons. The van der Waals surface area contributed by atoms with Gasteiger partial charge >= 0.3 is 23.1 Å². The Bertz CT molecular complexity index is 181. The molecule has 11 heavy (non-hydrogen) atoms. The van der Waals surface area contributed by atoms with Crippen molar-refractivity contribution in [2.75, 3.05) is 0 Å².